The molecule has 1 aliphatic rings. The van der Waals surface area contributed by atoms with Gasteiger partial charge < -0.3 is 19.5 Å². The Bertz CT molecular complexity index is 879. The van der Waals surface area contributed by atoms with Crippen molar-refractivity contribution in [2.45, 2.75) is 253 Å². The summed E-state index contributed by atoms with van der Waals surface area (Å²) in [5.41, 5.74) is 0. The Labute approximate surface area is 367 Å². The maximum absolute atomic E-state index is 13.4. The monoisotopic (exact) mass is 835 g/mol. The molecular weight excluding hydrogens is 733 g/mol. The first-order valence-corrected chi connectivity index (χ1v) is 26.3. The van der Waals surface area contributed by atoms with E-state index in [4.69, 9.17) is 9.47 Å². The van der Waals surface area contributed by atoms with Crippen molar-refractivity contribution < 1.29 is 24.2 Å². The van der Waals surface area contributed by atoms with Gasteiger partial charge in [-0.3, -0.25) is 14.5 Å². The Morgan fingerprint density at radius 3 is 1.29 bits per heavy atom. The highest BCUT2D eigenvalue weighted by atomic mass is 16.5. The first-order valence-electron chi connectivity index (χ1n) is 26.3. The lowest BCUT2D eigenvalue weighted by atomic mass is 9.91. The molecule has 350 valence electrons. The molecule has 0 aromatic rings. The van der Waals surface area contributed by atoms with Crippen LogP contribution >= 0.6 is 0 Å². The van der Waals surface area contributed by atoms with Crippen LogP contribution in [-0.4, -0.2) is 85.4 Å². The summed E-state index contributed by atoms with van der Waals surface area (Å²) in [6.07, 6.45) is 38.8. The highest BCUT2D eigenvalue weighted by molar-refractivity contribution is 5.70. The maximum Gasteiger partial charge on any atom is 0.306 e. The fourth-order valence-corrected chi connectivity index (χ4v) is 9.12. The predicted molar refractivity (Wildman–Crippen MR) is 252 cm³/mol. The molecule has 0 aromatic heterocycles. The van der Waals surface area contributed by atoms with Gasteiger partial charge in [0.15, 0.2) is 0 Å². The molecule has 1 saturated carbocycles. The van der Waals surface area contributed by atoms with E-state index in [0.29, 0.717) is 43.9 Å². The topological polar surface area (TPSA) is 79.3 Å². The van der Waals surface area contributed by atoms with E-state index in [2.05, 4.69) is 44.4 Å². The maximum atomic E-state index is 13.4. The number of carbonyl (C=O) groups is 2. The molecule has 0 heterocycles. The van der Waals surface area contributed by atoms with Crippen LogP contribution in [0.1, 0.15) is 247 Å². The van der Waals surface area contributed by atoms with E-state index in [9.17, 15) is 14.7 Å². The minimum atomic E-state index is -0.0631. The normalized spacial score (nSPS) is 14.8. The first-order chi connectivity index (χ1) is 28.9. The van der Waals surface area contributed by atoms with Crippen molar-refractivity contribution in [3.63, 3.8) is 0 Å². The summed E-state index contributed by atoms with van der Waals surface area (Å²) in [6.45, 7) is 17.2. The van der Waals surface area contributed by atoms with Gasteiger partial charge in [0.2, 0.25) is 0 Å². The average molecular weight is 835 g/mol. The average Bonchev–Trinajstić information content (AvgIpc) is 3.20. The van der Waals surface area contributed by atoms with Crippen LogP contribution in [0.4, 0.5) is 0 Å². The molecule has 7 heteroatoms. The number of hydrogen-bond donors (Lipinski definition) is 1. The number of ether oxygens (including phenoxy) is 2. The van der Waals surface area contributed by atoms with Crippen molar-refractivity contribution >= 4 is 11.9 Å². The van der Waals surface area contributed by atoms with Crippen LogP contribution in [0, 0.1) is 17.8 Å². The largest absolute Gasteiger partial charge is 0.465 e. The summed E-state index contributed by atoms with van der Waals surface area (Å²) in [5, 5.41) is 9.66. The minimum absolute atomic E-state index is 0.0318. The zero-order chi connectivity index (χ0) is 43.0. The van der Waals surface area contributed by atoms with E-state index in [0.717, 1.165) is 84.1 Å². The Morgan fingerprint density at radius 2 is 0.881 bits per heavy atom. The molecule has 0 aliphatic heterocycles. The van der Waals surface area contributed by atoms with Gasteiger partial charge in [-0.2, -0.15) is 0 Å². The van der Waals surface area contributed by atoms with Crippen molar-refractivity contribution in [1.82, 2.24) is 9.80 Å². The highest BCUT2D eigenvalue weighted by Gasteiger charge is 2.25. The van der Waals surface area contributed by atoms with Crippen LogP contribution in [0.15, 0.2) is 0 Å². The molecule has 2 unspecified atom stereocenters. The molecular formula is C52H102N2O5. The number of aliphatic hydroxyl groups is 1. The molecule has 0 bridgehead atoms. The van der Waals surface area contributed by atoms with Crippen molar-refractivity contribution in [1.29, 1.82) is 0 Å². The molecule has 0 spiro atoms. The molecule has 0 aromatic carbocycles. The Kier molecular flexibility index (Phi) is 38.7. The Morgan fingerprint density at radius 1 is 0.475 bits per heavy atom. The number of rotatable bonds is 45. The van der Waals surface area contributed by atoms with Gasteiger partial charge in [-0.1, -0.05) is 176 Å². The van der Waals surface area contributed by atoms with Crippen molar-refractivity contribution in [3.8, 4) is 0 Å². The van der Waals surface area contributed by atoms with Gasteiger partial charge in [0.05, 0.1) is 19.8 Å². The third kappa shape index (κ3) is 32.2. The summed E-state index contributed by atoms with van der Waals surface area (Å²) >= 11 is 0. The molecule has 1 fully saturated rings. The molecule has 1 rings (SSSR count). The van der Waals surface area contributed by atoms with Crippen LogP contribution < -0.4 is 0 Å². The van der Waals surface area contributed by atoms with E-state index in [-0.39, 0.29) is 24.5 Å². The van der Waals surface area contributed by atoms with Crippen LogP contribution in [-0.2, 0) is 19.1 Å². The first kappa shape index (κ1) is 55.8. The Balaban J connectivity index is 2.84. The van der Waals surface area contributed by atoms with E-state index in [1.165, 1.54) is 148 Å². The zero-order valence-electron chi connectivity index (χ0n) is 40.3. The Hall–Kier alpha value is -1.18. The second kappa shape index (κ2) is 40.9. The summed E-state index contributed by atoms with van der Waals surface area (Å²) in [5.74, 6) is 0.720. The zero-order valence-corrected chi connectivity index (χ0v) is 40.3. The minimum Gasteiger partial charge on any atom is -0.465 e. The lowest BCUT2D eigenvalue weighted by Crippen LogP contribution is -2.45. The standard InChI is InChI=1S/C52H102N2O5/c1-6-11-15-19-21-25-32-47(30-23-17-13-8-3)43-51(56)58-45-49(34-27-28-38-53(37-10-5)39-40-54(41-42-55)50-35-29-36-50)46-59-52(57)44-48(31-24-18-14-9-4)33-26-22-20-16-12-7-2/h47-50,55H,6-46H2,1-5H3. The molecule has 0 amide bonds. The fourth-order valence-electron chi connectivity index (χ4n) is 9.12. The summed E-state index contributed by atoms with van der Waals surface area (Å²) in [7, 11) is 0. The van der Waals surface area contributed by atoms with Gasteiger partial charge in [-0.05, 0) is 82.7 Å². The number of nitrogens with zero attached hydrogens (tertiary/aromatic N) is 2. The van der Waals surface area contributed by atoms with Crippen molar-refractivity contribution in [2.75, 3.05) is 52.5 Å². The van der Waals surface area contributed by atoms with Gasteiger partial charge >= 0.3 is 11.9 Å². The molecule has 1 aliphatic carbocycles. The number of carbonyl (C=O) groups excluding carboxylic acids is 2. The van der Waals surface area contributed by atoms with Crippen LogP contribution in [0.2, 0.25) is 0 Å². The van der Waals surface area contributed by atoms with Crippen LogP contribution in [0.25, 0.3) is 0 Å². The van der Waals surface area contributed by atoms with E-state index < -0.39 is 0 Å². The van der Waals surface area contributed by atoms with Gasteiger partial charge in [0.1, 0.15) is 0 Å². The van der Waals surface area contributed by atoms with Gasteiger partial charge in [0, 0.05) is 44.4 Å². The molecule has 1 N–H and O–H groups in total. The van der Waals surface area contributed by atoms with Gasteiger partial charge in [-0.25, -0.2) is 0 Å². The summed E-state index contributed by atoms with van der Waals surface area (Å²) < 4.78 is 12.2. The molecule has 59 heavy (non-hydrogen) atoms. The number of unbranched alkanes of at least 4 members (excludes halogenated alkanes) is 17. The molecule has 2 atom stereocenters. The fraction of sp³-hybridized carbons (Fsp3) is 0.962. The van der Waals surface area contributed by atoms with Crippen molar-refractivity contribution in [3.05, 3.63) is 0 Å². The van der Waals surface area contributed by atoms with E-state index >= 15 is 0 Å². The molecule has 0 radical (unpaired) electrons. The SMILES string of the molecule is CCCCCCCCC(CCCCCC)CC(=O)OCC(CCCCN(CCC)CCN(CCO)C1CCC1)COC(=O)CC(CCCCCC)CCCCCCCC. The summed E-state index contributed by atoms with van der Waals surface area (Å²) in [4.78, 5) is 31.9. The van der Waals surface area contributed by atoms with E-state index in [1.807, 2.05) is 0 Å². The molecule has 0 saturated heterocycles. The number of esters is 2. The smallest absolute Gasteiger partial charge is 0.306 e. The molecule has 7 nitrogen and oxygen atoms in total. The third-order valence-electron chi connectivity index (χ3n) is 13.3. The van der Waals surface area contributed by atoms with Gasteiger partial charge in [-0.15, -0.1) is 0 Å². The van der Waals surface area contributed by atoms with Crippen molar-refractivity contribution in [2.24, 2.45) is 17.8 Å². The second-order valence-electron chi connectivity index (χ2n) is 18.9. The van der Waals surface area contributed by atoms with Gasteiger partial charge in [0.25, 0.3) is 0 Å². The highest BCUT2D eigenvalue weighted by Crippen LogP contribution is 2.26. The third-order valence-corrected chi connectivity index (χ3v) is 13.3. The number of hydrogen-bond acceptors (Lipinski definition) is 7. The van der Waals surface area contributed by atoms with Crippen LogP contribution in [0.3, 0.4) is 0 Å². The summed E-state index contributed by atoms with van der Waals surface area (Å²) in [6, 6.07) is 0.649. The second-order valence-corrected chi connectivity index (χ2v) is 18.9. The van der Waals surface area contributed by atoms with Crippen LogP contribution in [0.5, 0.6) is 0 Å². The lowest BCUT2D eigenvalue weighted by molar-refractivity contribution is -0.150. The predicted octanol–water partition coefficient (Wildman–Crippen LogP) is 13.9. The number of aliphatic hydroxyl groups excluding tert-OH is 1. The van der Waals surface area contributed by atoms with E-state index in [1.54, 1.807) is 0 Å². The lowest BCUT2D eigenvalue weighted by Gasteiger charge is -2.38. The quantitative estimate of drug-likeness (QED) is 0.0483.